The van der Waals surface area contributed by atoms with Crippen LogP contribution in [0.5, 0.6) is 0 Å². The number of hydrogen-bond acceptors (Lipinski definition) is 3. The first-order valence-corrected chi connectivity index (χ1v) is 6.23. The summed E-state index contributed by atoms with van der Waals surface area (Å²) in [6.45, 7) is 2.83. The van der Waals surface area contributed by atoms with Gasteiger partial charge in [-0.3, -0.25) is 4.79 Å². The Balaban J connectivity index is 2.25. The highest BCUT2D eigenvalue weighted by Crippen LogP contribution is 2.02. The van der Waals surface area contributed by atoms with Crippen molar-refractivity contribution < 1.29 is 4.79 Å². The van der Waals surface area contributed by atoms with Gasteiger partial charge in [0.05, 0.1) is 6.54 Å². The van der Waals surface area contributed by atoms with E-state index < -0.39 is 0 Å². The maximum absolute atomic E-state index is 11.8. The molecule has 1 amide bonds. The molecule has 0 heterocycles. The summed E-state index contributed by atoms with van der Waals surface area (Å²) in [5, 5.41) is 3.15. The van der Waals surface area contributed by atoms with Crippen LogP contribution in [0.2, 0.25) is 0 Å². The summed E-state index contributed by atoms with van der Waals surface area (Å²) in [5.41, 5.74) is 1.15. The highest BCUT2D eigenvalue weighted by atomic mass is 16.2. The summed E-state index contributed by atoms with van der Waals surface area (Å²) in [5.74, 6) is 0.123. The van der Waals surface area contributed by atoms with Crippen molar-refractivity contribution in [1.29, 1.82) is 0 Å². The number of carbonyl (C=O) groups is 1. The minimum Gasteiger partial charge on any atom is -0.340 e. The molecule has 0 saturated carbocycles. The Morgan fingerprint density at radius 1 is 1.17 bits per heavy atom. The molecule has 1 aromatic carbocycles. The van der Waals surface area contributed by atoms with Gasteiger partial charge in [-0.2, -0.15) is 0 Å². The fourth-order valence-electron chi connectivity index (χ4n) is 1.58. The lowest BCUT2D eigenvalue weighted by Crippen LogP contribution is -2.37. The van der Waals surface area contributed by atoms with Gasteiger partial charge in [0.1, 0.15) is 0 Å². The zero-order chi connectivity index (χ0) is 13.4. The summed E-state index contributed by atoms with van der Waals surface area (Å²) in [7, 11) is 5.87. The third kappa shape index (κ3) is 5.80. The largest absolute Gasteiger partial charge is 0.340 e. The maximum atomic E-state index is 11.8. The van der Waals surface area contributed by atoms with Gasteiger partial charge in [-0.25, -0.2) is 0 Å². The molecule has 0 aliphatic rings. The number of nitrogens with zero attached hydrogens (tertiary/aromatic N) is 2. The molecule has 1 rings (SSSR count). The van der Waals surface area contributed by atoms with Crippen LogP contribution in [0.15, 0.2) is 30.3 Å². The minimum atomic E-state index is 0.123. The van der Waals surface area contributed by atoms with Crippen molar-refractivity contribution in [1.82, 2.24) is 15.1 Å². The van der Waals surface area contributed by atoms with E-state index in [0.29, 0.717) is 13.1 Å². The van der Waals surface area contributed by atoms with Crippen molar-refractivity contribution in [2.75, 3.05) is 40.8 Å². The Morgan fingerprint density at radius 3 is 2.44 bits per heavy atom. The third-order valence-electron chi connectivity index (χ3n) is 2.70. The quantitative estimate of drug-likeness (QED) is 0.726. The molecule has 1 aromatic rings. The molecule has 0 spiro atoms. The Labute approximate surface area is 110 Å². The number of rotatable bonds is 7. The van der Waals surface area contributed by atoms with E-state index in [4.69, 9.17) is 0 Å². The molecule has 0 radical (unpaired) electrons. The predicted molar refractivity (Wildman–Crippen MR) is 74.3 cm³/mol. The first-order valence-electron chi connectivity index (χ1n) is 6.23. The van der Waals surface area contributed by atoms with Gasteiger partial charge < -0.3 is 15.1 Å². The fraction of sp³-hybridized carbons (Fsp3) is 0.500. The molecule has 0 unspecified atom stereocenters. The molecule has 4 heteroatoms. The van der Waals surface area contributed by atoms with Gasteiger partial charge >= 0.3 is 0 Å². The molecule has 0 aromatic heterocycles. The molecule has 0 bridgehead atoms. The SMILES string of the molecule is CN(C)CCNCC(=O)N(C)Cc1ccccc1. The fourth-order valence-corrected chi connectivity index (χ4v) is 1.58. The lowest BCUT2D eigenvalue weighted by molar-refractivity contribution is -0.129. The van der Waals surface area contributed by atoms with Crippen molar-refractivity contribution in [2.45, 2.75) is 6.54 Å². The molecule has 0 atom stereocenters. The molecular weight excluding hydrogens is 226 g/mol. The first-order chi connectivity index (χ1) is 8.59. The summed E-state index contributed by atoms with van der Waals surface area (Å²) < 4.78 is 0. The minimum absolute atomic E-state index is 0.123. The number of carbonyl (C=O) groups excluding carboxylic acids is 1. The van der Waals surface area contributed by atoms with Crippen LogP contribution < -0.4 is 5.32 Å². The smallest absolute Gasteiger partial charge is 0.236 e. The molecule has 0 aliphatic carbocycles. The van der Waals surface area contributed by atoms with E-state index >= 15 is 0 Å². The number of likely N-dealkylation sites (N-methyl/N-ethyl adjacent to an activating group) is 2. The van der Waals surface area contributed by atoms with Crippen LogP contribution in [-0.2, 0) is 11.3 Å². The molecule has 0 saturated heterocycles. The van der Waals surface area contributed by atoms with Gasteiger partial charge in [0.25, 0.3) is 0 Å². The van der Waals surface area contributed by atoms with Crippen LogP contribution in [0.25, 0.3) is 0 Å². The monoisotopic (exact) mass is 249 g/mol. The van der Waals surface area contributed by atoms with E-state index in [-0.39, 0.29) is 5.91 Å². The highest BCUT2D eigenvalue weighted by molar-refractivity contribution is 5.77. The zero-order valence-corrected chi connectivity index (χ0v) is 11.5. The summed E-state index contributed by atoms with van der Waals surface area (Å²) >= 11 is 0. The predicted octanol–water partition coefficient (Wildman–Crippen LogP) is 0.796. The van der Waals surface area contributed by atoms with E-state index in [1.807, 2.05) is 51.5 Å². The molecule has 100 valence electrons. The van der Waals surface area contributed by atoms with Gasteiger partial charge in [0.2, 0.25) is 5.91 Å². The topological polar surface area (TPSA) is 35.6 Å². The second-order valence-corrected chi connectivity index (χ2v) is 4.72. The van der Waals surface area contributed by atoms with Crippen LogP contribution in [0, 0.1) is 0 Å². The van der Waals surface area contributed by atoms with Crippen molar-refractivity contribution in [3.05, 3.63) is 35.9 Å². The first kappa shape index (κ1) is 14.7. The van der Waals surface area contributed by atoms with Crippen molar-refractivity contribution in [2.24, 2.45) is 0 Å². The van der Waals surface area contributed by atoms with Crippen molar-refractivity contribution in [3.8, 4) is 0 Å². The third-order valence-corrected chi connectivity index (χ3v) is 2.70. The van der Waals surface area contributed by atoms with E-state index in [9.17, 15) is 4.79 Å². The van der Waals surface area contributed by atoms with Gasteiger partial charge in [-0.05, 0) is 19.7 Å². The standard InChI is InChI=1S/C14H23N3O/c1-16(2)10-9-15-11-14(18)17(3)12-13-7-5-4-6-8-13/h4-8,15H,9-12H2,1-3H3. The Bertz CT molecular complexity index is 351. The lowest BCUT2D eigenvalue weighted by atomic mass is 10.2. The van der Waals surface area contributed by atoms with Gasteiger partial charge in [-0.1, -0.05) is 30.3 Å². The number of amides is 1. The van der Waals surface area contributed by atoms with E-state index in [1.54, 1.807) is 4.90 Å². The number of benzene rings is 1. The van der Waals surface area contributed by atoms with Crippen LogP contribution in [-0.4, -0.2) is 56.5 Å². The normalized spacial score (nSPS) is 10.7. The van der Waals surface area contributed by atoms with Gasteiger partial charge in [0.15, 0.2) is 0 Å². The number of hydrogen-bond donors (Lipinski definition) is 1. The van der Waals surface area contributed by atoms with Crippen LogP contribution in [0.4, 0.5) is 0 Å². The molecule has 4 nitrogen and oxygen atoms in total. The Hall–Kier alpha value is -1.39. The molecule has 18 heavy (non-hydrogen) atoms. The van der Waals surface area contributed by atoms with Gasteiger partial charge in [0, 0.05) is 26.7 Å². The Kier molecular flexibility index (Phi) is 6.39. The van der Waals surface area contributed by atoms with E-state index in [0.717, 1.165) is 18.7 Å². The summed E-state index contributed by atoms with van der Waals surface area (Å²) in [4.78, 5) is 15.7. The van der Waals surface area contributed by atoms with E-state index in [1.165, 1.54) is 0 Å². The molecule has 0 fully saturated rings. The maximum Gasteiger partial charge on any atom is 0.236 e. The molecule has 0 aliphatic heterocycles. The second kappa shape index (κ2) is 7.84. The molecule has 1 N–H and O–H groups in total. The average molecular weight is 249 g/mol. The number of nitrogens with one attached hydrogen (secondary N) is 1. The average Bonchev–Trinajstić information content (AvgIpc) is 2.35. The van der Waals surface area contributed by atoms with Crippen LogP contribution in [0.3, 0.4) is 0 Å². The van der Waals surface area contributed by atoms with Gasteiger partial charge in [-0.15, -0.1) is 0 Å². The van der Waals surface area contributed by atoms with E-state index in [2.05, 4.69) is 10.2 Å². The molecular formula is C14H23N3O. The summed E-state index contributed by atoms with van der Waals surface area (Å²) in [6, 6.07) is 10.0. The van der Waals surface area contributed by atoms with Crippen molar-refractivity contribution in [3.63, 3.8) is 0 Å². The van der Waals surface area contributed by atoms with Crippen molar-refractivity contribution >= 4 is 5.91 Å². The Morgan fingerprint density at radius 2 is 1.83 bits per heavy atom. The highest BCUT2D eigenvalue weighted by Gasteiger charge is 2.08. The van der Waals surface area contributed by atoms with Crippen LogP contribution in [0.1, 0.15) is 5.56 Å². The summed E-state index contributed by atoms with van der Waals surface area (Å²) in [6.07, 6.45) is 0. The zero-order valence-electron chi connectivity index (χ0n) is 11.5. The van der Waals surface area contributed by atoms with Crippen LogP contribution >= 0.6 is 0 Å². The second-order valence-electron chi connectivity index (χ2n) is 4.72. The lowest BCUT2D eigenvalue weighted by Gasteiger charge is -2.18.